The Bertz CT molecular complexity index is 433. The van der Waals surface area contributed by atoms with Crippen LogP contribution < -0.4 is 4.74 Å². The number of ether oxygens (including phenoxy) is 2. The lowest BCUT2D eigenvalue weighted by molar-refractivity contribution is -0.0440. The molecular formula is C14H19NO3. The fraction of sp³-hybridized carbons (Fsp3) is 0.500. The lowest BCUT2D eigenvalue weighted by atomic mass is 10.1. The van der Waals surface area contributed by atoms with Crippen molar-refractivity contribution < 1.29 is 14.3 Å². The standard InChI is InChI=1S/C14H19NO3/c1-10-11(2)18-8-7-15(10)14(16)12-5-4-6-13(9-12)17-3/h4-6,9-11H,7-8H2,1-3H3. The smallest absolute Gasteiger partial charge is 0.254 e. The average Bonchev–Trinajstić information content (AvgIpc) is 2.41. The third-order valence-corrected chi connectivity index (χ3v) is 3.46. The molecule has 1 aliphatic heterocycles. The lowest BCUT2D eigenvalue weighted by Crippen LogP contribution is -2.51. The summed E-state index contributed by atoms with van der Waals surface area (Å²) in [6.45, 7) is 5.25. The Morgan fingerprint density at radius 3 is 2.94 bits per heavy atom. The van der Waals surface area contributed by atoms with Gasteiger partial charge in [-0.3, -0.25) is 4.79 Å². The van der Waals surface area contributed by atoms with Gasteiger partial charge >= 0.3 is 0 Å². The molecule has 1 aromatic carbocycles. The molecule has 4 nitrogen and oxygen atoms in total. The van der Waals surface area contributed by atoms with E-state index in [0.29, 0.717) is 24.5 Å². The zero-order chi connectivity index (χ0) is 13.1. The topological polar surface area (TPSA) is 38.8 Å². The number of morpholine rings is 1. The van der Waals surface area contributed by atoms with Crippen molar-refractivity contribution in [2.24, 2.45) is 0 Å². The van der Waals surface area contributed by atoms with Crippen molar-refractivity contribution in [1.29, 1.82) is 0 Å². The summed E-state index contributed by atoms with van der Waals surface area (Å²) in [4.78, 5) is 14.3. The molecule has 0 N–H and O–H groups in total. The Kier molecular flexibility index (Phi) is 3.87. The number of nitrogens with zero attached hydrogens (tertiary/aromatic N) is 1. The van der Waals surface area contributed by atoms with Crippen LogP contribution in [0.4, 0.5) is 0 Å². The van der Waals surface area contributed by atoms with Gasteiger partial charge in [-0.05, 0) is 32.0 Å². The van der Waals surface area contributed by atoms with E-state index in [-0.39, 0.29) is 18.1 Å². The molecule has 0 spiro atoms. The molecule has 18 heavy (non-hydrogen) atoms. The normalized spacial score (nSPS) is 23.8. The Balaban J connectivity index is 2.19. The van der Waals surface area contributed by atoms with Gasteiger partial charge in [0.25, 0.3) is 5.91 Å². The van der Waals surface area contributed by atoms with Crippen molar-refractivity contribution in [2.75, 3.05) is 20.3 Å². The second-order valence-corrected chi connectivity index (χ2v) is 4.55. The molecule has 0 aromatic heterocycles. The number of carbonyl (C=O) groups excluding carboxylic acids is 1. The molecule has 2 unspecified atom stereocenters. The van der Waals surface area contributed by atoms with Crippen molar-refractivity contribution in [2.45, 2.75) is 26.0 Å². The van der Waals surface area contributed by atoms with Crippen LogP contribution in [-0.2, 0) is 4.74 Å². The molecule has 0 radical (unpaired) electrons. The fourth-order valence-corrected chi connectivity index (χ4v) is 2.14. The van der Waals surface area contributed by atoms with Crippen molar-refractivity contribution in [1.82, 2.24) is 4.90 Å². The average molecular weight is 249 g/mol. The highest BCUT2D eigenvalue weighted by molar-refractivity contribution is 5.94. The van der Waals surface area contributed by atoms with Crippen molar-refractivity contribution in [3.05, 3.63) is 29.8 Å². The Hall–Kier alpha value is -1.55. The molecule has 2 atom stereocenters. The zero-order valence-corrected chi connectivity index (χ0v) is 11.1. The van der Waals surface area contributed by atoms with E-state index in [2.05, 4.69) is 0 Å². The molecular weight excluding hydrogens is 230 g/mol. The van der Waals surface area contributed by atoms with E-state index >= 15 is 0 Å². The summed E-state index contributed by atoms with van der Waals surface area (Å²) < 4.78 is 10.7. The van der Waals surface area contributed by atoms with E-state index in [4.69, 9.17) is 9.47 Å². The SMILES string of the molecule is COc1cccc(C(=O)N2CCOC(C)C2C)c1. The van der Waals surface area contributed by atoms with E-state index in [1.54, 1.807) is 13.2 Å². The maximum atomic E-state index is 12.4. The fourth-order valence-electron chi connectivity index (χ4n) is 2.14. The van der Waals surface area contributed by atoms with Gasteiger partial charge in [-0.25, -0.2) is 0 Å². The quantitative estimate of drug-likeness (QED) is 0.804. The Morgan fingerprint density at radius 1 is 1.44 bits per heavy atom. The zero-order valence-electron chi connectivity index (χ0n) is 11.1. The third-order valence-electron chi connectivity index (χ3n) is 3.46. The van der Waals surface area contributed by atoms with Crippen LogP contribution in [0.2, 0.25) is 0 Å². The second kappa shape index (κ2) is 5.40. The summed E-state index contributed by atoms with van der Waals surface area (Å²) in [7, 11) is 1.60. The molecule has 98 valence electrons. The molecule has 1 heterocycles. The minimum Gasteiger partial charge on any atom is -0.497 e. The van der Waals surface area contributed by atoms with Gasteiger partial charge in [0, 0.05) is 12.1 Å². The van der Waals surface area contributed by atoms with Gasteiger partial charge in [-0.2, -0.15) is 0 Å². The predicted octanol–water partition coefficient (Wildman–Crippen LogP) is 1.94. The first-order valence-corrected chi connectivity index (χ1v) is 6.20. The van der Waals surface area contributed by atoms with Crippen LogP contribution in [0.25, 0.3) is 0 Å². The van der Waals surface area contributed by atoms with Gasteiger partial charge in [0.15, 0.2) is 0 Å². The second-order valence-electron chi connectivity index (χ2n) is 4.55. The summed E-state index contributed by atoms with van der Waals surface area (Å²) in [6.07, 6.45) is 0.0771. The highest BCUT2D eigenvalue weighted by atomic mass is 16.5. The molecule has 0 bridgehead atoms. The first-order chi connectivity index (χ1) is 8.63. The van der Waals surface area contributed by atoms with Crippen LogP contribution in [0.5, 0.6) is 5.75 Å². The number of rotatable bonds is 2. The monoisotopic (exact) mass is 249 g/mol. The minimum absolute atomic E-state index is 0.0385. The van der Waals surface area contributed by atoms with Crippen molar-refractivity contribution in [3.8, 4) is 5.75 Å². The molecule has 0 saturated carbocycles. The summed E-state index contributed by atoms with van der Waals surface area (Å²) in [6, 6.07) is 7.35. The van der Waals surface area contributed by atoms with Gasteiger partial charge in [0.2, 0.25) is 0 Å². The number of hydrogen-bond donors (Lipinski definition) is 0. The van der Waals surface area contributed by atoms with Crippen molar-refractivity contribution in [3.63, 3.8) is 0 Å². The van der Waals surface area contributed by atoms with Crippen LogP contribution >= 0.6 is 0 Å². The van der Waals surface area contributed by atoms with Crippen LogP contribution in [0, 0.1) is 0 Å². The van der Waals surface area contributed by atoms with Gasteiger partial charge < -0.3 is 14.4 Å². The summed E-state index contributed by atoms with van der Waals surface area (Å²) in [5.74, 6) is 0.742. The van der Waals surface area contributed by atoms with Gasteiger partial charge in [-0.15, -0.1) is 0 Å². The Morgan fingerprint density at radius 2 is 2.22 bits per heavy atom. The molecule has 0 aliphatic carbocycles. The highest BCUT2D eigenvalue weighted by Crippen LogP contribution is 2.19. The van der Waals surface area contributed by atoms with E-state index < -0.39 is 0 Å². The van der Waals surface area contributed by atoms with Gasteiger partial charge in [-0.1, -0.05) is 6.07 Å². The first-order valence-electron chi connectivity index (χ1n) is 6.20. The predicted molar refractivity (Wildman–Crippen MR) is 68.9 cm³/mol. The number of hydrogen-bond acceptors (Lipinski definition) is 3. The number of benzene rings is 1. The molecule has 1 fully saturated rings. The Labute approximate surface area is 107 Å². The summed E-state index contributed by atoms with van der Waals surface area (Å²) >= 11 is 0. The number of carbonyl (C=O) groups is 1. The molecule has 1 saturated heterocycles. The van der Waals surface area contributed by atoms with Crippen LogP contribution in [0.1, 0.15) is 24.2 Å². The van der Waals surface area contributed by atoms with E-state index in [1.807, 2.05) is 36.9 Å². The van der Waals surface area contributed by atoms with E-state index in [9.17, 15) is 4.79 Å². The maximum absolute atomic E-state index is 12.4. The number of methoxy groups -OCH3 is 1. The maximum Gasteiger partial charge on any atom is 0.254 e. The largest absolute Gasteiger partial charge is 0.497 e. The van der Waals surface area contributed by atoms with Gasteiger partial charge in [0.05, 0.1) is 25.9 Å². The molecule has 1 amide bonds. The van der Waals surface area contributed by atoms with Crippen LogP contribution in [0.15, 0.2) is 24.3 Å². The van der Waals surface area contributed by atoms with Crippen molar-refractivity contribution >= 4 is 5.91 Å². The van der Waals surface area contributed by atoms with E-state index in [0.717, 1.165) is 0 Å². The molecule has 1 aromatic rings. The van der Waals surface area contributed by atoms with Crippen LogP contribution in [-0.4, -0.2) is 43.2 Å². The van der Waals surface area contributed by atoms with E-state index in [1.165, 1.54) is 0 Å². The lowest BCUT2D eigenvalue weighted by Gasteiger charge is -2.37. The summed E-state index contributed by atoms with van der Waals surface area (Å²) in [5.41, 5.74) is 0.662. The molecule has 4 heteroatoms. The summed E-state index contributed by atoms with van der Waals surface area (Å²) in [5, 5.41) is 0. The van der Waals surface area contributed by atoms with Gasteiger partial charge in [0.1, 0.15) is 5.75 Å². The minimum atomic E-state index is 0.0385. The number of amides is 1. The van der Waals surface area contributed by atoms with Crippen LogP contribution in [0.3, 0.4) is 0 Å². The third kappa shape index (κ3) is 2.48. The molecule has 1 aliphatic rings. The first kappa shape index (κ1) is 12.9. The highest BCUT2D eigenvalue weighted by Gasteiger charge is 2.29. The molecule has 2 rings (SSSR count).